The van der Waals surface area contributed by atoms with E-state index < -0.39 is 0 Å². The van der Waals surface area contributed by atoms with Gasteiger partial charge in [-0.3, -0.25) is 0 Å². The van der Waals surface area contributed by atoms with E-state index in [2.05, 4.69) is 20.8 Å². The largest absolute Gasteiger partial charge is 0.325 e. The van der Waals surface area contributed by atoms with Crippen molar-refractivity contribution in [2.75, 3.05) is 0 Å². The summed E-state index contributed by atoms with van der Waals surface area (Å²) in [5.74, 6) is 1.49. The van der Waals surface area contributed by atoms with Gasteiger partial charge in [0.1, 0.15) is 0 Å². The molecular weight excluding hydrogens is 110 g/mol. The van der Waals surface area contributed by atoms with Crippen LogP contribution in [0.3, 0.4) is 0 Å². The third-order valence-corrected chi connectivity index (χ3v) is 2.95. The first kappa shape index (κ1) is 7.07. The Morgan fingerprint density at radius 1 is 1.78 bits per heavy atom. The Morgan fingerprint density at radius 2 is 2.22 bits per heavy atom. The molecule has 0 radical (unpaired) electrons. The van der Waals surface area contributed by atoms with Crippen LogP contribution in [0.1, 0.15) is 33.6 Å². The minimum atomic E-state index is 0.217. The normalized spacial score (nSPS) is 44.7. The predicted molar refractivity (Wildman–Crippen MR) is 40.2 cm³/mol. The number of nitrogens with two attached hydrogens (primary N) is 1. The van der Waals surface area contributed by atoms with E-state index in [0.717, 1.165) is 5.92 Å². The molecule has 1 saturated carbocycles. The second kappa shape index (κ2) is 1.98. The maximum atomic E-state index is 6.04. The van der Waals surface area contributed by atoms with Crippen LogP contribution in [0.25, 0.3) is 0 Å². The van der Waals surface area contributed by atoms with Crippen molar-refractivity contribution in [3.8, 4) is 0 Å². The lowest BCUT2D eigenvalue weighted by atomic mass is 9.96. The second-order valence-electron chi connectivity index (χ2n) is 3.53. The van der Waals surface area contributed by atoms with Crippen LogP contribution in [0.5, 0.6) is 0 Å². The summed E-state index contributed by atoms with van der Waals surface area (Å²) in [5, 5.41) is 0. The van der Waals surface area contributed by atoms with Gasteiger partial charge in [0.25, 0.3) is 0 Å². The predicted octanol–water partition coefficient (Wildman–Crippen LogP) is 1.77. The van der Waals surface area contributed by atoms with Crippen LogP contribution in [0.4, 0.5) is 0 Å². The van der Waals surface area contributed by atoms with Crippen molar-refractivity contribution in [1.82, 2.24) is 0 Å². The molecule has 0 aromatic rings. The SMILES string of the molecule is CCC(C)C1(N)CC1C. The first-order chi connectivity index (χ1) is 4.11. The molecular formula is C8H17N. The molecule has 1 fully saturated rings. The number of rotatable bonds is 2. The molecule has 0 amide bonds. The van der Waals surface area contributed by atoms with Crippen LogP contribution in [-0.2, 0) is 0 Å². The Kier molecular flexibility index (Phi) is 1.55. The summed E-state index contributed by atoms with van der Waals surface area (Å²) < 4.78 is 0. The lowest BCUT2D eigenvalue weighted by Gasteiger charge is -2.17. The van der Waals surface area contributed by atoms with Gasteiger partial charge < -0.3 is 5.73 Å². The maximum Gasteiger partial charge on any atom is 0.0209 e. The van der Waals surface area contributed by atoms with E-state index in [1.807, 2.05) is 0 Å². The Morgan fingerprint density at radius 3 is 2.33 bits per heavy atom. The smallest absolute Gasteiger partial charge is 0.0209 e. The zero-order valence-electron chi connectivity index (χ0n) is 6.65. The summed E-state index contributed by atoms with van der Waals surface area (Å²) in [6.07, 6.45) is 2.46. The van der Waals surface area contributed by atoms with Gasteiger partial charge in [-0.2, -0.15) is 0 Å². The van der Waals surface area contributed by atoms with Gasteiger partial charge in [-0.15, -0.1) is 0 Å². The van der Waals surface area contributed by atoms with Crippen LogP contribution in [0.2, 0.25) is 0 Å². The molecule has 2 N–H and O–H groups in total. The van der Waals surface area contributed by atoms with Crippen molar-refractivity contribution >= 4 is 0 Å². The lowest BCUT2D eigenvalue weighted by Crippen LogP contribution is -2.32. The molecule has 54 valence electrons. The number of hydrogen-bond donors (Lipinski definition) is 1. The molecule has 0 saturated heterocycles. The standard InChI is InChI=1S/C8H17N/c1-4-6(2)8(9)5-7(8)3/h6-7H,4-5,9H2,1-3H3. The Hall–Kier alpha value is -0.0400. The van der Waals surface area contributed by atoms with Gasteiger partial charge in [0.15, 0.2) is 0 Å². The zero-order chi connectivity index (χ0) is 7.07. The van der Waals surface area contributed by atoms with E-state index in [-0.39, 0.29) is 5.54 Å². The molecule has 3 unspecified atom stereocenters. The molecule has 9 heavy (non-hydrogen) atoms. The maximum absolute atomic E-state index is 6.04. The van der Waals surface area contributed by atoms with Crippen LogP contribution in [0.15, 0.2) is 0 Å². The fraction of sp³-hybridized carbons (Fsp3) is 1.00. The van der Waals surface area contributed by atoms with Crippen molar-refractivity contribution in [3.05, 3.63) is 0 Å². The molecule has 1 nitrogen and oxygen atoms in total. The Bertz CT molecular complexity index is 111. The van der Waals surface area contributed by atoms with Gasteiger partial charge >= 0.3 is 0 Å². The molecule has 0 aromatic carbocycles. The molecule has 0 bridgehead atoms. The van der Waals surface area contributed by atoms with E-state index in [0.29, 0.717) is 5.92 Å². The van der Waals surface area contributed by atoms with Crippen LogP contribution in [0, 0.1) is 11.8 Å². The molecule has 0 spiro atoms. The molecule has 0 aliphatic heterocycles. The van der Waals surface area contributed by atoms with Crippen LogP contribution >= 0.6 is 0 Å². The Balaban J connectivity index is 2.43. The average molecular weight is 127 g/mol. The minimum Gasteiger partial charge on any atom is -0.325 e. The van der Waals surface area contributed by atoms with Gasteiger partial charge in [-0.1, -0.05) is 27.2 Å². The lowest BCUT2D eigenvalue weighted by molar-refractivity contribution is 0.402. The van der Waals surface area contributed by atoms with Gasteiger partial charge in [0, 0.05) is 5.54 Å². The summed E-state index contributed by atoms with van der Waals surface area (Å²) >= 11 is 0. The van der Waals surface area contributed by atoms with Gasteiger partial charge in [0.2, 0.25) is 0 Å². The van der Waals surface area contributed by atoms with E-state index in [1.165, 1.54) is 12.8 Å². The van der Waals surface area contributed by atoms with Crippen molar-refractivity contribution in [2.24, 2.45) is 17.6 Å². The molecule has 3 atom stereocenters. The van der Waals surface area contributed by atoms with Gasteiger partial charge in [0.05, 0.1) is 0 Å². The highest BCUT2D eigenvalue weighted by Gasteiger charge is 2.50. The average Bonchev–Trinajstić information content (AvgIpc) is 2.41. The summed E-state index contributed by atoms with van der Waals surface area (Å²) in [4.78, 5) is 0. The van der Waals surface area contributed by atoms with Crippen LogP contribution in [-0.4, -0.2) is 5.54 Å². The molecule has 1 heteroatoms. The molecule has 0 aromatic heterocycles. The minimum absolute atomic E-state index is 0.217. The third-order valence-electron chi connectivity index (χ3n) is 2.95. The fourth-order valence-electron chi connectivity index (χ4n) is 1.54. The van der Waals surface area contributed by atoms with Crippen molar-refractivity contribution in [1.29, 1.82) is 0 Å². The summed E-state index contributed by atoms with van der Waals surface area (Å²) in [5.41, 5.74) is 6.26. The first-order valence-electron chi connectivity index (χ1n) is 3.90. The highest BCUT2D eigenvalue weighted by molar-refractivity contribution is 5.08. The summed E-state index contributed by atoms with van der Waals surface area (Å²) in [6, 6.07) is 0. The van der Waals surface area contributed by atoms with Crippen molar-refractivity contribution in [3.63, 3.8) is 0 Å². The highest BCUT2D eigenvalue weighted by atomic mass is 14.9. The molecule has 1 aliphatic rings. The first-order valence-corrected chi connectivity index (χ1v) is 3.90. The Labute approximate surface area is 57.6 Å². The zero-order valence-corrected chi connectivity index (χ0v) is 6.65. The topological polar surface area (TPSA) is 26.0 Å². The molecule has 1 aliphatic carbocycles. The van der Waals surface area contributed by atoms with E-state index in [1.54, 1.807) is 0 Å². The van der Waals surface area contributed by atoms with Gasteiger partial charge in [-0.05, 0) is 18.3 Å². The second-order valence-corrected chi connectivity index (χ2v) is 3.53. The highest BCUT2D eigenvalue weighted by Crippen LogP contribution is 2.47. The van der Waals surface area contributed by atoms with E-state index in [9.17, 15) is 0 Å². The van der Waals surface area contributed by atoms with Crippen molar-refractivity contribution < 1.29 is 0 Å². The van der Waals surface area contributed by atoms with E-state index >= 15 is 0 Å². The monoisotopic (exact) mass is 127 g/mol. The van der Waals surface area contributed by atoms with Crippen LogP contribution < -0.4 is 5.73 Å². The summed E-state index contributed by atoms with van der Waals surface area (Å²) in [7, 11) is 0. The third kappa shape index (κ3) is 0.983. The fourth-order valence-corrected chi connectivity index (χ4v) is 1.54. The quantitative estimate of drug-likeness (QED) is 0.601. The summed E-state index contributed by atoms with van der Waals surface area (Å²) in [6.45, 7) is 6.71. The van der Waals surface area contributed by atoms with E-state index in [4.69, 9.17) is 5.73 Å². The number of hydrogen-bond acceptors (Lipinski definition) is 1. The molecule has 1 rings (SSSR count). The van der Waals surface area contributed by atoms with Crippen molar-refractivity contribution in [2.45, 2.75) is 39.2 Å². The van der Waals surface area contributed by atoms with Gasteiger partial charge in [-0.25, -0.2) is 0 Å². The molecule has 0 heterocycles.